The van der Waals surface area contributed by atoms with Crippen molar-refractivity contribution in [3.8, 4) is 11.1 Å². The minimum absolute atomic E-state index is 0.0987. The van der Waals surface area contributed by atoms with Crippen LogP contribution >= 0.6 is 11.6 Å². The van der Waals surface area contributed by atoms with Crippen LogP contribution in [0.3, 0.4) is 0 Å². The number of hydrogen-bond acceptors (Lipinski definition) is 7. The van der Waals surface area contributed by atoms with Crippen molar-refractivity contribution in [2.45, 2.75) is 46.1 Å². The third-order valence-electron chi connectivity index (χ3n) is 9.04. The topological polar surface area (TPSA) is 86.6 Å². The second-order valence-electron chi connectivity index (χ2n) is 12.0. The van der Waals surface area contributed by atoms with Crippen LogP contribution in [0.4, 0.5) is 17.3 Å². The molecule has 0 aliphatic carbocycles. The summed E-state index contributed by atoms with van der Waals surface area (Å²) in [6.45, 7) is 11.2. The Bertz CT molecular complexity index is 1760. The summed E-state index contributed by atoms with van der Waals surface area (Å²) in [5, 5.41) is 4.75. The van der Waals surface area contributed by atoms with Crippen LogP contribution in [0.1, 0.15) is 43.4 Å². The number of nitrogens with zero attached hydrogens (tertiary/aromatic N) is 6. The summed E-state index contributed by atoms with van der Waals surface area (Å²) in [6, 6.07) is 13.5. The molecule has 2 fully saturated rings. The highest BCUT2D eigenvalue weighted by Gasteiger charge is 2.28. The summed E-state index contributed by atoms with van der Waals surface area (Å²) in [5.41, 5.74) is 5.89. The van der Waals surface area contributed by atoms with E-state index in [1.165, 1.54) is 11.3 Å². The van der Waals surface area contributed by atoms with Crippen LogP contribution in [-0.2, 0) is 4.79 Å². The Morgan fingerprint density at radius 3 is 2.59 bits per heavy atom. The summed E-state index contributed by atoms with van der Waals surface area (Å²) in [4.78, 5) is 43.4. The molecule has 2 aliphatic rings. The largest absolute Gasteiger partial charge is 0.369 e. The van der Waals surface area contributed by atoms with E-state index >= 15 is 0 Å². The summed E-state index contributed by atoms with van der Waals surface area (Å²) in [5.74, 6) is 0.520. The molecule has 44 heavy (non-hydrogen) atoms. The van der Waals surface area contributed by atoms with E-state index in [0.717, 1.165) is 61.2 Å². The lowest BCUT2D eigenvalue weighted by Crippen LogP contribution is -2.44. The Balaban J connectivity index is 1.41. The van der Waals surface area contributed by atoms with Crippen molar-refractivity contribution in [1.29, 1.82) is 0 Å². The number of carbonyl (C=O) groups excluding carboxylic acids is 1. The fourth-order valence-corrected chi connectivity index (χ4v) is 6.79. The van der Waals surface area contributed by atoms with Gasteiger partial charge in [0.25, 0.3) is 5.56 Å². The molecule has 2 aliphatic heterocycles. The number of likely N-dealkylation sites (N-methyl/N-ethyl adjacent to an activating group) is 1. The van der Waals surface area contributed by atoms with Gasteiger partial charge in [-0.3, -0.25) is 14.2 Å². The molecule has 1 N–H and O–H groups in total. The zero-order chi connectivity index (χ0) is 31.0. The number of carbonyl (C=O) groups is 1. The van der Waals surface area contributed by atoms with Crippen LogP contribution in [0.15, 0.2) is 53.5 Å². The van der Waals surface area contributed by atoms with Crippen LogP contribution in [-0.4, -0.2) is 76.6 Å². The van der Waals surface area contributed by atoms with E-state index in [2.05, 4.69) is 47.3 Å². The quantitative estimate of drug-likeness (QED) is 0.294. The molecule has 2 saturated heterocycles. The first-order chi connectivity index (χ1) is 21.2. The number of likely N-dealkylation sites (tertiary alicyclic amines) is 1. The van der Waals surface area contributed by atoms with E-state index in [0.29, 0.717) is 41.7 Å². The van der Waals surface area contributed by atoms with E-state index in [9.17, 15) is 9.59 Å². The number of piperidine rings is 1. The van der Waals surface area contributed by atoms with Gasteiger partial charge in [0, 0.05) is 73.7 Å². The molecule has 6 rings (SSSR count). The van der Waals surface area contributed by atoms with Gasteiger partial charge >= 0.3 is 0 Å². The molecule has 2 aromatic heterocycles. The molecule has 4 heterocycles. The average Bonchev–Trinajstić information content (AvgIpc) is 3.01. The van der Waals surface area contributed by atoms with E-state index in [4.69, 9.17) is 21.6 Å². The SMILES string of the molecule is CCC(=O)N1CCC[C@@H](n2c(=O)c(-c3cccc(Cl)c3)c(C)c3cnc(Nc4ccc(N5CCN(C)CC5)c(C)c4)nc32)C1. The molecule has 230 valence electrons. The van der Waals surface area contributed by atoms with Gasteiger partial charge in [-0.15, -0.1) is 0 Å². The zero-order valence-corrected chi connectivity index (χ0v) is 26.7. The molecule has 1 amide bonds. The van der Waals surface area contributed by atoms with Gasteiger partial charge in [-0.1, -0.05) is 30.7 Å². The number of benzene rings is 2. The Morgan fingerprint density at radius 1 is 1.07 bits per heavy atom. The number of aromatic nitrogens is 3. The maximum Gasteiger partial charge on any atom is 0.260 e. The molecular weight excluding hydrogens is 574 g/mol. The highest BCUT2D eigenvalue weighted by molar-refractivity contribution is 6.30. The Morgan fingerprint density at radius 2 is 1.86 bits per heavy atom. The van der Waals surface area contributed by atoms with Gasteiger partial charge in [0.05, 0.1) is 11.6 Å². The second-order valence-corrected chi connectivity index (χ2v) is 12.5. The molecule has 0 radical (unpaired) electrons. The predicted molar refractivity (Wildman–Crippen MR) is 178 cm³/mol. The summed E-state index contributed by atoms with van der Waals surface area (Å²) in [7, 11) is 2.16. The fourth-order valence-electron chi connectivity index (χ4n) is 6.60. The van der Waals surface area contributed by atoms with Crippen molar-refractivity contribution in [3.05, 3.63) is 75.2 Å². The minimum atomic E-state index is -0.208. The van der Waals surface area contributed by atoms with Gasteiger partial charge in [0.1, 0.15) is 5.65 Å². The van der Waals surface area contributed by atoms with Crippen LogP contribution in [0.5, 0.6) is 0 Å². The van der Waals surface area contributed by atoms with Crippen molar-refractivity contribution >= 4 is 45.9 Å². The molecular formula is C34H40ClN7O2. The highest BCUT2D eigenvalue weighted by atomic mass is 35.5. The first kappa shape index (κ1) is 30.1. The van der Waals surface area contributed by atoms with Crippen LogP contribution in [0.25, 0.3) is 22.2 Å². The molecule has 9 nitrogen and oxygen atoms in total. The van der Waals surface area contributed by atoms with Crippen molar-refractivity contribution < 1.29 is 4.79 Å². The monoisotopic (exact) mass is 613 g/mol. The lowest BCUT2D eigenvalue weighted by molar-refractivity contribution is -0.132. The molecule has 10 heteroatoms. The van der Waals surface area contributed by atoms with Crippen molar-refractivity contribution in [3.63, 3.8) is 0 Å². The first-order valence-corrected chi connectivity index (χ1v) is 15.9. The third-order valence-corrected chi connectivity index (χ3v) is 9.27. The Hall–Kier alpha value is -3.95. The number of pyridine rings is 1. The van der Waals surface area contributed by atoms with Gasteiger partial charge in [-0.2, -0.15) is 4.98 Å². The Kier molecular flexibility index (Phi) is 8.60. The molecule has 0 unspecified atom stereocenters. The lowest BCUT2D eigenvalue weighted by Gasteiger charge is -2.35. The molecule has 1 atom stereocenters. The second kappa shape index (κ2) is 12.6. The standard InChI is InChI=1S/C34H40ClN7O2/c1-5-30(43)41-13-7-10-27(21-41)42-32-28(23(3)31(33(42)44)24-8-6-9-25(35)19-24)20-36-34(38-32)37-26-11-12-29(22(2)18-26)40-16-14-39(4)15-17-40/h6,8-9,11-12,18-20,27H,5,7,10,13-17,21H2,1-4H3,(H,36,37,38)/t27-/m1/s1. The molecule has 2 aromatic carbocycles. The van der Waals surface area contributed by atoms with E-state index < -0.39 is 0 Å². The molecule has 4 aromatic rings. The number of aryl methyl sites for hydroxylation is 2. The van der Waals surface area contributed by atoms with Crippen molar-refractivity contribution in [2.75, 3.05) is 56.5 Å². The number of anilines is 3. The maximum atomic E-state index is 14.4. The zero-order valence-electron chi connectivity index (χ0n) is 25.9. The summed E-state index contributed by atoms with van der Waals surface area (Å²) in [6.07, 6.45) is 3.83. The molecule has 0 saturated carbocycles. The van der Waals surface area contributed by atoms with Crippen LogP contribution in [0, 0.1) is 13.8 Å². The minimum Gasteiger partial charge on any atom is -0.369 e. The smallest absolute Gasteiger partial charge is 0.260 e. The fraction of sp³-hybridized carbons (Fsp3) is 0.412. The predicted octanol–water partition coefficient (Wildman–Crippen LogP) is 5.80. The number of nitrogens with one attached hydrogen (secondary N) is 1. The summed E-state index contributed by atoms with van der Waals surface area (Å²) < 4.78 is 1.79. The van der Waals surface area contributed by atoms with Crippen molar-refractivity contribution in [2.24, 2.45) is 0 Å². The van der Waals surface area contributed by atoms with Gasteiger partial charge in [-0.05, 0) is 80.8 Å². The van der Waals surface area contributed by atoms with Crippen LogP contribution < -0.4 is 15.8 Å². The van der Waals surface area contributed by atoms with Crippen molar-refractivity contribution in [1.82, 2.24) is 24.3 Å². The maximum absolute atomic E-state index is 14.4. The van der Waals surface area contributed by atoms with E-state index in [1.807, 2.05) is 36.9 Å². The van der Waals surface area contributed by atoms with E-state index in [1.54, 1.807) is 16.8 Å². The number of halogens is 1. The Labute approximate surface area is 263 Å². The number of fused-ring (bicyclic) bond motifs is 1. The first-order valence-electron chi connectivity index (χ1n) is 15.5. The van der Waals surface area contributed by atoms with Gasteiger partial charge in [0.15, 0.2) is 0 Å². The number of amides is 1. The molecule has 0 bridgehead atoms. The van der Waals surface area contributed by atoms with Gasteiger partial charge < -0.3 is 20.0 Å². The van der Waals surface area contributed by atoms with Gasteiger partial charge in [0.2, 0.25) is 11.9 Å². The average molecular weight is 614 g/mol. The number of hydrogen-bond donors (Lipinski definition) is 1. The van der Waals surface area contributed by atoms with E-state index in [-0.39, 0.29) is 17.5 Å². The van der Waals surface area contributed by atoms with Gasteiger partial charge in [-0.25, -0.2) is 4.98 Å². The number of piperazine rings is 1. The summed E-state index contributed by atoms with van der Waals surface area (Å²) >= 11 is 6.35. The van der Waals surface area contributed by atoms with Crippen LogP contribution in [0.2, 0.25) is 5.02 Å². The normalized spacial score (nSPS) is 17.7. The number of rotatable bonds is 6. The lowest BCUT2D eigenvalue weighted by atomic mass is 9.98. The highest BCUT2D eigenvalue weighted by Crippen LogP contribution is 2.32. The third kappa shape index (κ3) is 5.90. The molecule has 0 spiro atoms.